The summed E-state index contributed by atoms with van der Waals surface area (Å²) in [5, 5.41) is 4.60. The summed E-state index contributed by atoms with van der Waals surface area (Å²) in [6, 6.07) is 9.81. The highest BCUT2D eigenvalue weighted by Gasteiger charge is 2.18. The fourth-order valence-electron chi connectivity index (χ4n) is 1.90. The first-order chi connectivity index (χ1) is 10.2. The number of carbonyl (C=O) groups is 1. The molecule has 2 aromatic heterocycles. The fraction of sp³-hybridized carbons (Fsp3) is 0.0667. The van der Waals surface area contributed by atoms with Gasteiger partial charge in [-0.15, -0.1) is 11.3 Å². The Bertz CT molecular complexity index is 753. The molecule has 1 N–H and O–H groups in total. The number of halogens is 1. The van der Waals surface area contributed by atoms with Gasteiger partial charge in [0.1, 0.15) is 5.82 Å². The lowest BCUT2D eigenvalue weighted by atomic mass is 10.2. The van der Waals surface area contributed by atoms with E-state index in [1.54, 1.807) is 12.1 Å². The summed E-state index contributed by atoms with van der Waals surface area (Å²) in [7, 11) is 0. The number of hydrogen-bond acceptors (Lipinski definition) is 4. The Labute approximate surface area is 124 Å². The van der Waals surface area contributed by atoms with Gasteiger partial charge < -0.3 is 9.73 Å². The Hall–Kier alpha value is -2.47. The van der Waals surface area contributed by atoms with Gasteiger partial charge in [0.05, 0.1) is 4.88 Å². The second-order valence-corrected chi connectivity index (χ2v) is 5.27. The molecule has 0 aliphatic carbocycles. The van der Waals surface area contributed by atoms with E-state index in [2.05, 4.69) is 10.3 Å². The molecule has 106 valence electrons. The van der Waals surface area contributed by atoms with Crippen molar-refractivity contribution < 1.29 is 13.6 Å². The number of nitrogens with one attached hydrogen (secondary N) is 1. The Kier molecular flexibility index (Phi) is 3.79. The van der Waals surface area contributed by atoms with Crippen LogP contribution in [-0.4, -0.2) is 10.9 Å². The van der Waals surface area contributed by atoms with E-state index in [4.69, 9.17) is 4.42 Å². The van der Waals surface area contributed by atoms with Crippen LogP contribution in [-0.2, 0) is 6.54 Å². The fourth-order valence-corrected chi connectivity index (χ4v) is 2.62. The summed E-state index contributed by atoms with van der Waals surface area (Å²) in [5.41, 5.74) is 0.915. The van der Waals surface area contributed by atoms with Crippen LogP contribution in [0.3, 0.4) is 0 Å². The summed E-state index contributed by atoms with van der Waals surface area (Å²) in [6.45, 7) is 0.229. The van der Waals surface area contributed by atoms with Crippen molar-refractivity contribution in [3.8, 4) is 10.6 Å². The first-order valence-electron chi connectivity index (χ1n) is 6.24. The number of amides is 1. The summed E-state index contributed by atoms with van der Waals surface area (Å²) in [5.74, 6) is -0.236. The van der Waals surface area contributed by atoms with Crippen molar-refractivity contribution in [1.82, 2.24) is 10.3 Å². The van der Waals surface area contributed by atoms with Gasteiger partial charge in [0.15, 0.2) is 17.8 Å². The van der Waals surface area contributed by atoms with E-state index in [1.807, 2.05) is 17.5 Å². The smallest absolute Gasteiger partial charge is 0.274 e. The minimum Gasteiger partial charge on any atom is -0.442 e. The normalized spacial score (nSPS) is 10.5. The summed E-state index contributed by atoms with van der Waals surface area (Å²) in [4.78, 5) is 16.9. The predicted octanol–water partition coefficient (Wildman–Crippen LogP) is 3.47. The summed E-state index contributed by atoms with van der Waals surface area (Å²) in [6.07, 6.45) is 1.24. The molecule has 0 aliphatic heterocycles. The Balaban J connectivity index is 1.73. The standard InChI is InChI=1S/C15H11FN2O2S/c16-11-4-1-3-10(7-11)8-17-15(19)13-14(20-9-18-13)12-5-2-6-21-12/h1-7,9H,8H2,(H,17,19). The van der Waals surface area contributed by atoms with E-state index in [0.717, 1.165) is 4.88 Å². The van der Waals surface area contributed by atoms with Gasteiger partial charge in [0.25, 0.3) is 5.91 Å². The molecule has 4 nitrogen and oxygen atoms in total. The van der Waals surface area contributed by atoms with Crippen LogP contribution in [0, 0.1) is 5.82 Å². The average Bonchev–Trinajstić information content (AvgIpc) is 3.14. The molecule has 0 saturated carbocycles. The molecule has 0 unspecified atom stereocenters. The highest BCUT2D eigenvalue weighted by Crippen LogP contribution is 2.27. The van der Waals surface area contributed by atoms with Crippen molar-refractivity contribution in [2.75, 3.05) is 0 Å². The first kappa shape index (κ1) is 13.5. The maximum atomic E-state index is 13.1. The van der Waals surface area contributed by atoms with Crippen molar-refractivity contribution in [3.63, 3.8) is 0 Å². The van der Waals surface area contributed by atoms with Crippen LogP contribution in [0.25, 0.3) is 10.6 Å². The number of oxazole rings is 1. The van der Waals surface area contributed by atoms with Gasteiger partial charge in [-0.25, -0.2) is 9.37 Å². The van der Waals surface area contributed by atoms with Crippen molar-refractivity contribution in [2.24, 2.45) is 0 Å². The molecule has 0 fully saturated rings. The maximum absolute atomic E-state index is 13.1. The lowest BCUT2D eigenvalue weighted by Gasteiger charge is -2.04. The number of carbonyl (C=O) groups excluding carboxylic acids is 1. The Morgan fingerprint density at radius 2 is 2.24 bits per heavy atom. The van der Waals surface area contributed by atoms with E-state index >= 15 is 0 Å². The number of rotatable bonds is 4. The molecule has 1 aromatic carbocycles. The zero-order chi connectivity index (χ0) is 14.7. The van der Waals surface area contributed by atoms with E-state index in [-0.39, 0.29) is 24.0 Å². The molecule has 21 heavy (non-hydrogen) atoms. The quantitative estimate of drug-likeness (QED) is 0.803. The number of hydrogen-bond donors (Lipinski definition) is 1. The average molecular weight is 302 g/mol. The Morgan fingerprint density at radius 1 is 1.33 bits per heavy atom. The molecule has 1 amide bonds. The highest BCUT2D eigenvalue weighted by atomic mass is 32.1. The number of benzene rings is 1. The van der Waals surface area contributed by atoms with Crippen molar-refractivity contribution in [3.05, 3.63) is 65.2 Å². The molecule has 3 aromatic rings. The van der Waals surface area contributed by atoms with Gasteiger partial charge in [-0.2, -0.15) is 0 Å². The SMILES string of the molecule is O=C(NCc1cccc(F)c1)c1ncoc1-c1cccs1. The predicted molar refractivity (Wildman–Crippen MR) is 77.4 cm³/mol. The molecule has 0 atom stereocenters. The van der Waals surface area contributed by atoms with Gasteiger partial charge in [0, 0.05) is 6.54 Å². The minimum atomic E-state index is -0.351. The van der Waals surface area contributed by atoms with Crippen LogP contribution in [0.4, 0.5) is 4.39 Å². The van der Waals surface area contributed by atoms with E-state index < -0.39 is 0 Å². The molecule has 6 heteroatoms. The molecular formula is C15H11FN2O2S. The number of nitrogens with zero attached hydrogens (tertiary/aromatic N) is 1. The molecule has 3 rings (SSSR count). The van der Waals surface area contributed by atoms with Gasteiger partial charge in [0.2, 0.25) is 0 Å². The van der Waals surface area contributed by atoms with Crippen molar-refractivity contribution >= 4 is 17.2 Å². The monoisotopic (exact) mass is 302 g/mol. The van der Waals surface area contributed by atoms with Crippen LogP contribution in [0.5, 0.6) is 0 Å². The molecule has 0 bridgehead atoms. The molecule has 2 heterocycles. The second-order valence-electron chi connectivity index (χ2n) is 4.32. The molecular weight excluding hydrogens is 291 g/mol. The van der Waals surface area contributed by atoms with Crippen molar-refractivity contribution in [2.45, 2.75) is 6.54 Å². The van der Waals surface area contributed by atoms with Gasteiger partial charge >= 0.3 is 0 Å². The van der Waals surface area contributed by atoms with Crippen LogP contribution in [0.15, 0.2) is 52.6 Å². The molecule has 0 radical (unpaired) electrons. The molecule has 0 aliphatic rings. The molecule has 0 spiro atoms. The maximum Gasteiger partial charge on any atom is 0.274 e. The van der Waals surface area contributed by atoms with E-state index in [1.165, 1.54) is 29.9 Å². The highest BCUT2D eigenvalue weighted by molar-refractivity contribution is 7.13. The topological polar surface area (TPSA) is 55.1 Å². The molecule has 0 saturated heterocycles. The third-order valence-corrected chi connectivity index (χ3v) is 3.74. The third-order valence-electron chi connectivity index (χ3n) is 2.87. The zero-order valence-electron chi connectivity index (χ0n) is 10.9. The number of thiophene rings is 1. The summed E-state index contributed by atoms with van der Waals surface area (Å²) >= 11 is 1.47. The Morgan fingerprint density at radius 3 is 3.00 bits per heavy atom. The summed E-state index contributed by atoms with van der Waals surface area (Å²) < 4.78 is 18.4. The van der Waals surface area contributed by atoms with Crippen LogP contribution in [0.2, 0.25) is 0 Å². The van der Waals surface area contributed by atoms with Gasteiger partial charge in [-0.05, 0) is 29.1 Å². The van der Waals surface area contributed by atoms with Gasteiger partial charge in [-0.1, -0.05) is 18.2 Å². The van der Waals surface area contributed by atoms with Crippen LogP contribution >= 0.6 is 11.3 Å². The van der Waals surface area contributed by atoms with E-state index in [9.17, 15) is 9.18 Å². The second kappa shape index (κ2) is 5.88. The number of aromatic nitrogens is 1. The largest absolute Gasteiger partial charge is 0.442 e. The van der Waals surface area contributed by atoms with E-state index in [0.29, 0.717) is 11.3 Å². The van der Waals surface area contributed by atoms with Gasteiger partial charge in [-0.3, -0.25) is 4.79 Å². The van der Waals surface area contributed by atoms with Crippen LogP contribution in [0.1, 0.15) is 16.1 Å². The minimum absolute atomic E-state index is 0.229. The zero-order valence-corrected chi connectivity index (χ0v) is 11.7. The first-order valence-corrected chi connectivity index (χ1v) is 7.12. The lowest BCUT2D eigenvalue weighted by Crippen LogP contribution is -2.23. The third kappa shape index (κ3) is 3.00. The lowest BCUT2D eigenvalue weighted by molar-refractivity contribution is 0.0946. The van der Waals surface area contributed by atoms with Crippen molar-refractivity contribution in [1.29, 1.82) is 0 Å². The van der Waals surface area contributed by atoms with Crippen LogP contribution < -0.4 is 5.32 Å².